The molecule has 71 heavy (non-hydrogen) atoms. The molecule has 0 aromatic heterocycles. The Kier molecular flexibility index (Phi) is 22.3. The Bertz CT molecular complexity index is 2230. The minimum atomic E-state index is -0.0101. The molecule has 2 nitrogen and oxygen atoms in total. The molecule has 0 bridgehead atoms. The van der Waals surface area contributed by atoms with Crippen molar-refractivity contribution in [2.24, 2.45) is 0 Å². The van der Waals surface area contributed by atoms with Gasteiger partial charge in [-0.25, -0.2) is 0 Å². The van der Waals surface area contributed by atoms with Gasteiger partial charge in [0.25, 0.3) is 0 Å². The van der Waals surface area contributed by atoms with E-state index in [0.29, 0.717) is 0 Å². The van der Waals surface area contributed by atoms with Gasteiger partial charge in [0, 0.05) is 5.41 Å². The molecule has 1 aliphatic carbocycles. The van der Waals surface area contributed by atoms with E-state index in [1.807, 2.05) is 0 Å². The lowest BCUT2D eigenvalue weighted by Crippen LogP contribution is -2.25. The summed E-state index contributed by atoms with van der Waals surface area (Å²) in [6.45, 7) is 10.8. The number of ether oxygens (including phenoxy) is 2. The lowest BCUT2D eigenvalue weighted by molar-refractivity contribution is 0.304. The predicted octanol–water partition coefficient (Wildman–Crippen LogP) is 21.6. The van der Waals surface area contributed by atoms with Crippen LogP contribution in [0.25, 0.3) is 55.6 Å². The molecule has 0 heterocycles. The Labute approximate surface area is 432 Å². The highest BCUT2D eigenvalue weighted by Crippen LogP contribution is 2.56. The zero-order chi connectivity index (χ0) is 49.4. The Morgan fingerprint density at radius 3 is 0.845 bits per heavy atom. The van der Waals surface area contributed by atoms with E-state index in [2.05, 4.69) is 161 Å². The van der Waals surface area contributed by atoms with Crippen molar-refractivity contribution >= 4 is 0 Å². The SMILES string of the molecule is CCCCCCCCOc1ccc(-c2ccc(-c3ccc4c(c3)C(CCCCCCCC)(CCCCCCCC)c3cc(-c5ccc(-c6ccc(OCCCCCCCC)cc6)cc5)ccc3-4)cc2)cc1. The summed E-state index contributed by atoms with van der Waals surface area (Å²) in [4.78, 5) is 0. The van der Waals surface area contributed by atoms with E-state index in [4.69, 9.17) is 9.47 Å². The number of benzene rings is 6. The largest absolute Gasteiger partial charge is 0.494 e. The van der Waals surface area contributed by atoms with Gasteiger partial charge in [0.15, 0.2) is 0 Å². The summed E-state index contributed by atoms with van der Waals surface area (Å²) in [6, 6.07) is 50.9. The molecule has 0 aliphatic heterocycles. The van der Waals surface area contributed by atoms with Gasteiger partial charge in [-0.15, -0.1) is 0 Å². The Morgan fingerprint density at radius 1 is 0.268 bits per heavy atom. The summed E-state index contributed by atoms with van der Waals surface area (Å²) in [5.74, 6) is 1.94. The van der Waals surface area contributed by atoms with Crippen LogP contribution in [0.15, 0.2) is 133 Å². The fraction of sp³-hybridized carbons (Fsp3) is 0.478. The third-order valence-electron chi connectivity index (χ3n) is 15.6. The average molecular weight is 951 g/mol. The summed E-state index contributed by atoms with van der Waals surface area (Å²) < 4.78 is 12.2. The Balaban J connectivity index is 1.11. The van der Waals surface area contributed by atoms with Gasteiger partial charge in [-0.3, -0.25) is 0 Å². The molecule has 0 N–H and O–H groups in total. The van der Waals surface area contributed by atoms with Gasteiger partial charge in [0.2, 0.25) is 0 Å². The maximum absolute atomic E-state index is 6.12. The highest BCUT2D eigenvalue weighted by atomic mass is 16.5. The zero-order valence-corrected chi connectivity index (χ0v) is 44.8. The van der Waals surface area contributed by atoms with Crippen LogP contribution in [-0.2, 0) is 5.41 Å². The summed E-state index contributed by atoms with van der Waals surface area (Å²) in [5.41, 5.74) is 16.2. The third kappa shape index (κ3) is 15.5. The zero-order valence-electron chi connectivity index (χ0n) is 44.8. The molecule has 0 saturated heterocycles. The van der Waals surface area contributed by atoms with Crippen LogP contribution >= 0.6 is 0 Å². The molecule has 0 amide bonds. The van der Waals surface area contributed by atoms with Crippen molar-refractivity contribution in [3.63, 3.8) is 0 Å². The molecule has 6 aromatic rings. The van der Waals surface area contributed by atoms with Crippen molar-refractivity contribution in [1.29, 1.82) is 0 Å². The van der Waals surface area contributed by atoms with E-state index in [-0.39, 0.29) is 5.41 Å². The van der Waals surface area contributed by atoms with Crippen LogP contribution in [-0.4, -0.2) is 13.2 Å². The molecule has 0 fully saturated rings. The van der Waals surface area contributed by atoms with Crippen LogP contribution in [0.2, 0.25) is 0 Å². The van der Waals surface area contributed by atoms with Crippen molar-refractivity contribution in [1.82, 2.24) is 0 Å². The van der Waals surface area contributed by atoms with Gasteiger partial charge in [0.05, 0.1) is 13.2 Å². The average Bonchev–Trinajstić information content (AvgIpc) is 3.68. The van der Waals surface area contributed by atoms with E-state index in [9.17, 15) is 0 Å². The van der Waals surface area contributed by atoms with E-state index >= 15 is 0 Å². The fourth-order valence-corrected chi connectivity index (χ4v) is 11.3. The molecule has 6 aromatic carbocycles. The van der Waals surface area contributed by atoms with E-state index in [1.165, 1.54) is 210 Å². The van der Waals surface area contributed by atoms with Crippen LogP contribution in [0.5, 0.6) is 11.5 Å². The maximum atomic E-state index is 6.12. The first-order valence-corrected chi connectivity index (χ1v) is 29.0. The standard InChI is InChI=1S/C69H90O2/c1-5-9-13-17-21-25-49-69(50-26-22-18-14-10-6-2)67-53-61(59-33-29-55(30-34-59)57-37-43-63(44-38-57)70-51-27-23-19-15-11-7-3)41-47-65(67)66-48-42-62(54-68(66)69)60-35-31-56(32-36-60)58-39-45-64(46-40-58)71-52-28-24-20-16-12-8-4/h29-48,53-54H,5-28,49-52H2,1-4H3. The van der Waals surface area contributed by atoms with Crippen molar-refractivity contribution in [2.75, 3.05) is 13.2 Å². The quantitative estimate of drug-likeness (QED) is 0.0375. The van der Waals surface area contributed by atoms with Gasteiger partial charge in [0.1, 0.15) is 11.5 Å². The van der Waals surface area contributed by atoms with E-state index in [1.54, 1.807) is 11.1 Å². The molecular formula is C69H90O2. The van der Waals surface area contributed by atoms with Gasteiger partial charge >= 0.3 is 0 Å². The monoisotopic (exact) mass is 951 g/mol. The minimum absolute atomic E-state index is 0.0101. The lowest BCUT2D eigenvalue weighted by Gasteiger charge is -2.33. The first-order valence-electron chi connectivity index (χ1n) is 29.0. The molecule has 0 unspecified atom stereocenters. The predicted molar refractivity (Wildman–Crippen MR) is 308 cm³/mol. The molecular weight excluding hydrogens is 861 g/mol. The topological polar surface area (TPSA) is 18.5 Å². The third-order valence-corrected chi connectivity index (χ3v) is 15.6. The molecule has 0 saturated carbocycles. The lowest BCUT2D eigenvalue weighted by atomic mass is 9.70. The summed E-state index contributed by atoms with van der Waals surface area (Å²) >= 11 is 0. The van der Waals surface area contributed by atoms with E-state index in [0.717, 1.165) is 37.6 Å². The molecule has 7 rings (SSSR count). The van der Waals surface area contributed by atoms with Crippen molar-refractivity contribution in [3.8, 4) is 67.1 Å². The highest BCUT2D eigenvalue weighted by molar-refractivity contribution is 5.86. The van der Waals surface area contributed by atoms with E-state index < -0.39 is 0 Å². The first kappa shape index (κ1) is 53.7. The van der Waals surface area contributed by atoms with Crippen LogP contribution in [0.3, 0.4) is 0 Å². The van der Waals surface area contributed by atoms with Gasteiger partial charge in [-0.2, -0.15) is 0 Å². The van der Waals surface area contributed by atoms with Crippen LogP contribution in [0.1, 0.15) is 206 Å². The Morgan fingerprint density at radius 2 is 0.521 bits per heavy atom. The van der Waals surface area contributed by atoms with Crippen LogP contribution in [0.4, 0.5) is 0 Å². The second kappa shape index (κ2) is 29.4. The number of rotatable bonds is 34. The molecule has 0 radical (unpaired) electrons. The molecule has 0 spiro atoms. The van der Waals surface area contributed by atoms with Crippen LogP contribution in [0, 0.1) is 0 Å². The smallest absolute Gasteiger partial charge is 0.119 e. The summed E-state index contributed by atoms with van der Waals surface area (Å²) in [6.07, 6.45) is 33.5. The Hall–Kier alpha value is -5.08. The fourth-order valence-electron chi connectivity index (χ4n) is 11.3. The number of fused-ring (bicyclic) bond motifs is 3. The highest BCUT2D eigenvalue weighted by Gasteiger charge is 2.42. The number of hydrogen-bond acceptors (Lipinski definition) is 2. The second-order valence-electron chi connectivity index (χ2n) is 21.1. The number of unbranched alkanes of at least 4 members (excludes halogenated alkanes) is 20. The molecule has 1 aliphatic rings. The van der Waals surface area contributed by atoms with Gasteiger partial charge < -0.3 is 9.47 Å². The molecule has 2 heteroatoms. The minimum Gasteiger partial charge on any atom is -0.494 e. The van der Waals surface area contributed by atoms with Crippen LogP contribution < -0.4 is 9.47 Å². The number of hydrogen-bond donors (Lipinski definition) is 0. The first-order chi connectivity index (χ1) is 35.1. The second-order valence-corrected chi connectivity index (χ2v) is 21.1. The van der Waals surface area contributed by atoms with Crippen molar-refractivity contribution in [3.05, 3.63) is 145 Å². The van der Waals surface area contributed by atoms with Gasteiger partial charge in [-0.05, 0) is 129 Å². The normalized spacial score (nSPS) is 12.5. The summed E-state index contributed by atoms with van der Waals surface area (Å²) in [7, 11) is 0. The summed E-state index contributed by atoms with van der Waals surface area (Å²) in [5, 5.41) is 0. The van der Waals surface area contributed by atoms with Gasteiger partial charge in [-0.1, -0.05) is 266 Å². The molecule has 378 valence electrons. The molecule has 0 atom stereocenters. The maximum Gasteiger partial charge on any atom is 0.119 e. The van der Waals surface area contributed by atoms with Crippen molar-refractivity contribution in [2.45, 2.75) is 200 Å². The van der Waals surface area contributed by atoms with Crippen molar-refractivity contribution < 1.29 is 9.47 Å².